The van der Waals surface area contributed by atoms with Gasteiger partial charge < -0.3 is 14.6 Å². The third kappa shape index (κ3) is 2.47. The fourth-order valence-corrected chi connectivity index (χ4v) is 1.91. The summed E-state index contributed by atoms with van der Waals surface area (Å²) in [6, 6.07) is 0. The Morgan fingerprint density at radius 2 is 1.95 bits per heavy atom. The number of ketones is 2. The van der Waals surface area contributed by atoms with E-state index in [0.717, 1.165) is 6.08 Å². The molecule has 0 saturated carbocycles. The summed E-state index contributed by atoms with van der Waals surface area (Å²) >= 11 is 0. The molecule has 0 aromatic carbocycles. The van der Waals surface area contributed by atoms with E-state index < -0.39 is 34.7 Å². The molecule has 0 aromatic rings. The Morgan fingerprint density at radius 3 is 2.40 bits per heavy atom. The van der Waals surface area contributed by atoms with Crippen LogP contribution in [0.5, 0.6) is 0 Å². The highest BCUT2D eigenvalue weighted by atomic mass is 16.6. The van der Waals surface area contributed by atoms with Gasteiger partial charge in [0.05, 0.1) is 13.0 Å². The predicted molar refractivity (Wildman–Crippen MR) is 69.7 cm³/mol. The predicted octanol–water partition coefficient (Wildman–Crippen LogP) is 0.767. The second-order valence-corrected chi connectivity index (χ2v) is 5.24. The van der Waals surface area contributed by atoms with E-state index in [1.165, 1.54) is 21.0 Å². The molecule has 0 fully saturated rings. The second kappa shape index (κ2) is 5.36. The molecular formula is C14H20O6. The molecule has 6 nitrogen and oxygen atoms in total. The molecule has 3 atom stereocenters. The summed E-state index contributed by atoms with van der Waals surface area (Å²) < 4.78 is 9.93. The Balaban J connectivity index is 3.18. The molecule has 112 valence electrons. The number of aliphatic hydroxyl groups is 1. The van der Waals surface area contributed by atoms with Gasteiger partial charge in [0.1, 0.15) is 5.76 Å². The highest BCUT2D eigenvalue weighted by Crippen LogP contribution is 2.33. The molecule has 0 radical (unpaired) electrons. The number of methoxy groups -OCH3 is 1. The van der Waals surface area contributed by atoms with Gasteiger partial charge in [0, 0.05) is 6.08 Å². The van der Waals surface area contributed by atoms with E-state index in [-0.39, 0.29) is 5.76 Å². The molecule has 0 bridgehead atoms. The Morgan fingerprint density at radius 1 is 1.40 bits per heavy atom. The standard InChI is InChI=1S/C14H20O6/c1-6-8(2)11(16)20-14(4)9(15)7-10(19-5)13(3,18)12(14)17/h7-8,18H,6H2,1-5H3/t8-,13+,14-/m1/s1. The van der Waals surface area contributed by atoms with Crippen molar-refractivity contribution in [1.29, 1.82) is 0 Å². The van der Waals surface area contributed by atoms with E-state index in [1.807, 2.05) is 0 Å². The molecule has 0 aromatic heterocycles. The zero-order valence-electron chi connectivity index (χ0n) is 12.4. The van der Waals surface area contributed by atoms with Crippen molar-refractivity contribution in [3.63, 3.8) is 0 Å². The van der Waals surface area contributed by atoms with Crippen molar-refractivity contribution in [2.45, 2.75) is 45.3 Å². The molecule has 1 aliphatic rings. The third-order valence-electron chi connectivity index (χ3n) is 3.63. The fourth-order valence-electron chi connectivity index (χ4n) is 1.91. The largest absolute Gasteiger partial charge is 0.497 e. The van der Waals surface area contributed by atoms with Gasteiger partial charge in [0.25, 0.3) is 0 Å². The van der Waals surface area contributed by atoms with E-state index in [0.29, 0.717) is 6.42 Å². The summed E-state index contributed by atoms with van der Waals surface area (Å²) in [7, 11) is 1.24. The van der Waals surface area contributed by atoms with Crippen molar-refractivity contribution >= 4 is 17.5 Å². The summed E-state index contributed by atoms with van der Waals surface area (Å²) in [4.78, 5) is 36.2. The smallest absolute Gasteiger partial charge is 0.310 e. The lowest BCUT2D eigenvalue weighted by atomic mass is 9.78. The van der Waals surface area contributed by atoms with Gasteiger partial charge in [-0.15, -0.1) is 0 Å². The zero-order valence-corrected chi connectivity index (χ0v) is 12.4. The minimum atomic E-state index is -2.02. The van der Waals surface area contributed by atoms with E-state index in [4.69, 9.17) is 9.47 Å². The number of rotatable bonds is 4. The maximum absolute atomic E-state index is 12.3. The number of hydrogen-bond donors (Lipinski definition) is 1. The maximum Gasteiger partial charge on any atom is 0.310 e. The molecule has 1 N–H and O–H groups in total. The van der Waals surface area contributed by atoms with Gasteiger partial charge in [-0.1, -0.05) is 13.8 Å². The van der Waals surface area contributed by atoms with Crippen molar-refractivity contribution in [2.75, 3.05) is 7.11 Å². The van der Waals surface area contributed by atoms with Crippen LogP contribution in [0.3, 0.4) is 0 Å². The van der Waals surface area contributed by atoms with Crippen LogP contribution in [0, 0.1) is 5.92 Å². The Labute approximate surface area is 117 Å². The van der Waals surface area contributed by atoms with Crippen LogP contribution in [0.4, 0.5) is 0 Å². The number of Topliss-reactive ketones (excluding diaryl/α,β-unsaturated/α-hetero) is 1. The molecule has 0 spiro atoms. The van der Waals surface area contributed by atoms with Gasteiger partial charge in [-0.05, 0) is 20.3 Å². The summed E-state index contributed by atoms with van der Waals surface area (Å²) in [5.74, 6) is -2.88. The minimum Gasteiger partial charge on any atom is -0.497 e. The lowest BCUT2D eigenvalue weighted by molar-refractivity contribution is -0.180. The third-order valence-corrected chi connectivity index (χ3v) is 3.63. The first-order valence-electron chi connectivity index (χ1n) is 6.42. The average Bonchev–Trinajstić information content (AvgIpc) is 2.40. The SMILES string of the molecule is CC[C@@H](C)C(=O)O[C@]1(C)C(=O)C=C(OC)[C@](C)(O)C1=O. The van der Waals surface area contributed by atoms with Crippen LogP contribution in [-0.4, -0.2) is 41.0 Å². The molecule has 20 heavy (non-hydrogen) atoms. The van der Waals surface area contributed by atoms with Gasteiger partial charge in [0.15, 0.2) is 5.60 Å². The van der Waals surface area contributed by atoms with Gasteiger partial charge in [0.2, 0.25) is 17.2 Å². The van der Waals surface area contributed by atoms with E-state index >= 15 is 0 Å². The molecule has 0 heterocycles. The molecule has 0 unspecified atom stereocenters. The number of esters is 1. The summed E-state index contributed by atoms with van der Waals surface area (Å²) in [6.07, 6.45) is 1.51. The lowest BCUT2D eigenvalue weighted by Gasteiger charge is -2.37. The van der Waals surface area contributed by atoms with Crippen LogP contribution < -0.4 is 0 Å². The number of carbonyl (C=O) groups excluding carboxylic acids is 3. The Hall–Kier alpha value is -1.69. The molecule has 0 saturated heterocycles. The first kappa shape index (κ1) is 16.4. The van der Waals surface area contributed by atoms with Crippen LogP contribution in [-0.2, 0) is 23.9 Å². The molecular weight excluding hydrogens is 264 g/mol. The van der Waals surface area contributed by atoms with Crippen molar-refractivity contribution < 1.29 is 29.0 Å². The highest BCUT2D eigenvalue weighted by molar-refractivity contribution is 6.21. The van der Waals surface area contributed by atoms with E-state index in [2.05, 4.69) is 0 Å². The number of ether oxygens (including phenoxy) is 2. The zero-order chi connectivity index (χ0) is 15.7. The summed E-state index contributed by atoms with van der Waals surface area (Å²) in [5.41, 5.74) is -4.03. The topological polar surface area (TPSA) is 89.9 Å². The second-order valence-electron chi connectivity index (χ2n) is 5.24. The molecule has 1 aliphatic carbocycles. The Bertz CT molecular complexity index is 476. The first-order valence-corrected chi connectivity index (χ1v) is 6.42. The highest BCUT2D eigenvalue weighted by Gasteiger charge is 2.57. The van der Waals surface area contributed by atoms with Crippen LogP contribution in [0.25, 0.3) is 0 Å². The fraction of sp³-hybridized carbons (Fsp3) is 0.643. The Kier molecular flexibility index (Phi) is 4.39. The van der Waals surface area contributed by atoms with E-state index in [1.54, 1.807) is 13.8 Å². The maximum atomic E-state index is 12.3. The van der Waals surface area contributed by atoms with Crippen molar-refractivity contribution in [2.24, 2.45) is 5.92 Å². The van der Waals surface area contributed by atoms with Crippen molar-refractivity contribution in [1.82, 2.24) is 0 Å². The molecule has 0 amide bonds. The monoisotopic (exact) mass is 284 g/mol. The number of carbonyl (C=O) groups is 3. The van der Waals surface area contributed by atoms with E-state index in [9.17, 15) is 19.5 Å². The van der Waals surface area contributed by atoms with Gasteiger partial charge in [-0.2, -0.15) is 0 Å². The summed E-state index contributed by atoms with van der Waals surface area (Å²) in [5, 5.41) is 10.2. The van der Waals surface area contributed by atoms with Crippen LogP contribution in [0.1, 0.15) is 34.1 Å². The number of hydrogen-bond acceptors (Lipinski definition) is 6. The normalized spacial score (nSPS) is 31.6. The lowest BCUT2D eigenvalue weighted by Crippen LogP contribution is -2.60. The minimum absolute atomic E-state index is 0.162. The van der Waals surface area contributed by atoms with Gasteiger partial charge in [-0.25, -0.2) is 0 Å². The van der Waals surface area contributed by atoms with Crippen LogP contribution in [0.15, 0.2) is 11.8 Å². The van der Waals surface area contributed by atoms with Crippen molar-refractivity contribution in [3.8, 4) is 0 Å². The molecule has 6 heteroatoms. The average molecular weight is 284 g/mol. The van der Waals surface area contributed by atoms with Gasteiger partial charge >= 0.3 is 5.97 Å². The summed E-state index contributed by atoms with van der Waals surface area (Å²) in [6.45, 7) is 5.82. The molecule has 1 rings (SSSR count). The quantitative estimate of drug-likeness (QED) is 0.605. The molecule has 0 aliphatic heterocycles. The van der Waals surface area contributed by atoms with Crippen LogP contribution >= 0.6 is 0 Å². The van der Waals surface area contributed by atoms with Gasteiger partial charge in [-0.3, -0.25) is 14.4 Å². The van der Waals surface area contributed by atoms with Crippen LogP contribution in [0.2, 0.25) is 0 Å². The first-order chi connectivity index (χ1) is 9.11. The van der Waals surface area contributed by atoms with Crippen molar-refractivity contribution in [3.05, 3.63) is 11.8 Å².